The van der Waals surface area contributed by atoms with Crippen molar-refractivity contribution in [2.75, 3.05) is 10.6 Å². The van der Waals surface area contributed by atoms with E-state index in [-0.39, 0.29) is 0 Å². The molecule has 3 rings (SSSR count). The second-order valence-electron chi connectivity index (χ2n) is 4.55. The third-order valence-corrected chi connectivity index (χ3v) is 3.65. The van der Waals surface area contributed by atoms with Crippen molar-refractivity contribution >= 4 is 57.9 Å². The number of hydrogen-bond donors (Lipinski definition) is 2. The van der Waals surface area contributed by atoms with Crippen LogP contribution in [-0.2, 0) is 0 Å². The molecule has 116 valence electrons. The molecule has 0 amide bonds. The van der Waals surface area contributed by atoms with Crippen molar-refractivity contribution in [1.82, 2.24) is 15.2 Å². The Hall–Kier alpha value is -2.08. The van der Waals surface area contributed by atoms with Gasteiger partial charge in [0.05, 0.1) is 16.9 Å². The fraction of sp³-hybridized carbons (Fsp3) is 0. The third-order valence-electron chi connectivity index (χ3n) is 2.85. The van der Waals surface area contributed by atoms with Crippen LogP contribution >= 0.6 is 34.8 Å². The molecule has 5 nitrogen and oxygen atoms in total. The molecular formula is C15H10Cl3N5. The molecule has 0 atom stereocenters. The van der Waals surface area contributed by atoms with Crippen LogP contribution in [0.3, 0.4) is 0 Å². The molecule has 3 aromatic rings. The van der Waals surface area contributed by atoms with Crippen molar-refractivity contribution in [3.8, 4) is 0 Å². The zero-order valence-corrected chi connectivity index (χ0v) is 13.9. The number of benzene rings is 2. The fourth-order valence-electron chi connectivity index (χ4n) is 1.81. The van der Waals surface area contributed by atoms with Crippen LogP contribution in [-0.4, -0.2) is 15.2 Å². The van der Waals surface area contributed by atoms with Gasteiger partial charge in [-0.3, -0.25) is 0 Å². The van der Waals surface area contributed by atoms with Gasteiger partial charge in [0.2, 0.25) is 5.95 Å². The number of halogens is 3. The van der Waals surface area contributed by atoms with Crippen molar-refractivity contribution in [3.63, 3.8) is 0 Å². The summed E-state index contributed by atoms with van der Waals surface area (Å²) in [6, 6.07) is 12.3. The number of aromatic nitrogens is 3. The van der Waals surface area contributed by atoms with Crippen LogP contribution < -0.4 is 10.6 Å². The first-order chi connectivity index (χ1) is 11.1. The molecule has 2 aromatic carbocycles. The van der Waals surface area contributed by atoms with Crippen LogP contribution in [0.5, 0.6) is 0 Å². The van der Waals surface area contributed by atoms with Crippen molar-refractivity contribution in [2.45, 2.75) is 0 Å². The van der Waals surface area contributed by atoms with E-state index in [1.54, 1.807) is 30.3 Å². The van der Waals surface area contributed by atoms with Gasteiger partial charge in [0.15, 0.2) is 5.82 Å². The Labute approximate surface area is 147 Å². The summed E-state index contributed by atoms with van der Waals surface area (Å²) in [5.41, 5.74) is 1.48. The minimum atomic E-state index is 0.349. The van der Waals surface area contributed by atoms with Crippen molar-refractivity contribution in [3.05, 3.63) is 63.7 Å². The molecule has 0 saturated carbocycles. The zero-order chi connectivity index (χ0) is 16.2. The molecule has 0 radical (unpaired) electrons. The predicted molar refractivity (Wildman–Crippen MR) is 94.3 cm³/mol. The quantitative estimate of drug-likeness (QED) is 0.654. The van der Waals surface area contributed by atoms with Crippen molar-refractivity contribution in [1.29, 1.82) is 0 Å². The Morgan fingerprint density at radius 2 is 1.57 bits per heavy atom. The van der Waals surface area contributed by atoms with Gasteiger partial charge in [-0.1, -0.05) is 34.8 Å². The first-order valence-corrected chi connectivity index (χ1v) is 7.68. The lowest BCUT2D eigenvalue weighted by atomic mass is 10.3. The lowest BCUT2D eigenvalue weighted by molar-refractivity contribution is 0.982. The highest BCUT2D eigenvalue weighted by Gasteiger charge is 2.05. The van der Waals surface area contributed by atoms with E-state index in [0.717, 1.165) is 5.69 Å². The van der Waals surface area contributed by atoms with E-state index >= 15 is 0 Å². The fourth-order valence-corrected chi connectivity index (χ4v) is 2.39. The number of nitrogens with zero attached hydrogens (tertiary/aromatic N) is 3. The van der Waals surface area contributed by atoms with E-state index in [1.807, 2.05) is 12.1 Å². The molecule has 0 saturated heterocycles. The van der Waals surface area contributed by atoms with E-state index in [2.05, 4.69) is 25.8 Å². The summed E-state index contributed by atoms with van der Waals surface area (Å²) in [7, 11) is 0. The maximum atomic E-state index is 6.12. The maximum absolute atomic E-state index is 6.12. The Morgan fingerprint density at radius 1 is 0.826 bits per heavy atom. The van der Waals surface area contributed by atoms with Gasteiger partial charge in [0.25, 0.3) is 0 Å². The average Bonchev–Trinajstić information content (AvgIpc) is 2.53. The van der Waals surface area contributed by atoms with Gasteiger partial charge < -0.3 is 10.6 Å². The summed E-state index contributed by atoms with van der Waals surface area (Å²) in [5, 5.41) is 15.7. The number of hydrogen-bond acceptors (Lipinski definition) is 5. The molecule has 2 N–H and O–H groups in total. The zero-order valence-electron chi connectivity index (χ0n) is 11.6. The molecule has 0 fully saturated rings. The van der Waals surface area contributed by atoms with Crippen molar-refractivity contribution < 1.29 is 0 Å². The minimum absolute atomic E-state index is 0.349. The highest BCUT2D eigenvalue weighted by molar-refractivity contribution is 6.36. The number of anilines is 4. The molecule has 1 heterocycles. The van der Waals surface area contributed by atoms with Crippen molar-refractivity contribution in [2.24, 2.45) is 0 Å². The van der Waals surface area contributed by atoms with Gasteiger partial charge in [-0.05, 0) is 42.5 Å². The molecule has 23 heavy (non-hydrogen) atoms. The normalized spacial score (nSPS) is 10.4. The van der Waals surface area contributed by atoms with E-state index < -0.39 is 0 Å². The highest BCUT2D eigenvalue weighted by Crippen LogP contribution is 2.27. The minimum Gasteiger partial charge on any atom is -0.338 e. The average molecular weight is 367 g/mol. The maximum Gasteiger partial charge on any atom is 0.249 e. The molecular weight excluding hydrogens is 357 g/mol. The molecule has 0 aliphatic rings. The van der Waals surface area contributed by atoms with Crippen LogP contribution in [0.4, 0.5) is 23.1 Å². The third kappa shape index (κ3) is 4.22. The molecule has 0 aliphatic heterocycles. The summed E-state index contributed by atoms with van der Waals surface area (Å²) in [6.07, 6.45) is 1.50. The van der Waals surface area contributed by atoms with Gasteiger partial charge in [0, 0.05) is 15.7 Å². The van der Waals surface area contributed by atoms with E-state index in [9.17, 15) is 0 Å². The summed E-state index contributed by atoms with van der Waals surface area (Å²) in [6.45, 7) is 0. The summed E-state index contributed by atoms with van der Waals surface area (Å²) >= 11 is 17.9. The summed E-state index contributed by atoms with van der Waals surface area (Å²) in [4.78, 5) is 4.33. The monoisotopic (exact) mass is 365 g/mol. The van der Waals surface area contributed by atoms with E-state index in [4.69, 9.17) is 34.8 Å². The molecule has 0 unspecified atom stereocenters. The van der Waals surface area contributed by atoms with Crippen LogP contribution in [0, 0.1) is 0 Å². The predicted octanol–water partition coefficient (Wildman–Crippen LogP) is 5.32. The lowest BCUT2D eigenvalue weighted by Gasteiger charge is -2.09. The Bertz CT molecular complexity index is 824. The molecule has 0 bridgehead atoms. The van der Waals surface area contributed by atoms with Crippen LogP contribution in [0.15, 0.2) is 48.7 Å². The SMILES string of the molecule is Clc1ccc(Nc2nncc(Nc3ccc(Cl)cc3Cl)n2)cc1. The second kappa shape index (κ2) is 7.00. The highest BCUT2D eigenvalue weighted by atomic mass is 35.5. The van der Waals surface area contributed by atoms with Crippen LogP contribution in [0.1, 0.15) is 0 Å². The first kappa shape index (κ1) is 15.8. The Balaban J connectivity index is 1.78. The van der Waals surface area contributed by atoms with E-state index in [1.165, 1.54) is 6.20 Å². The summed E-state index contributed by atoms with van der Waals surface area (Å²) < 4.78 is 0. The molecule has 0 spiro atoms. The topological polar surface area (TPSA) is 62.7 Å². The largest absolute Gasteiger partial charge is 0.338 e. The summed E-state index contributed by atoms with van der Waals surface area (Å²) in [5.74, 6) is 0.850. The van der Waals surface area contributed by atoms with Gasteiger partial charge in [-0.2, -0.15) is 10.1 Å². The number of rotatable bonds is 4. The van der Waals surface area contributed by atoms with Gasteiger partial charge in [-0.25, -0.2) is 0 Å². The van der Waals surface area contributed by atoms with Gasteiger partial charge in [-0.15, -0.1) is 5.10 Å². The number of nitrogens with one attached hydrogen (secondary N) is 2. The molecule has 1 aromatic heterocycles. The van der Waals surface area contributed by atoms with Gasteiger partial charge in [0.1, 0.15) is 0 Å². The lowest BCUT2D eigenvalue weighted by Crippen LogP contribution is -2.02. The van der Waals surface area contributed by atoms with E-state index in [0.29, 0.717) is 32.5 Å². The van der Waals surface area contributed by atoms with Gasteiger partial charge >= 0.3 is 0 Å². The van der Waals surface area contributed by atoms with Crippen LogP contribution in [0.2, 0.25) is 15.1 Å². The van der Waals surface area contributed by atoms with Crippen LogP contribution in [0.25, 0.3) is 0 Å². The second-order valence-corrected chi connectivity index (χ2v) is 5.83. The Morgan fingerprint density at radius 3 is 2.30 bits per heavy atom. The smallest absolute Gasteiger partial charge is 0.249 e. The molecule has 0 aliphatic carbocycles. The molecule has 8 heteroatoms. The standard InChI is InChI=1S/C15H10Cl3N5/c16-9-1-4-11(5-2-9)20-15-22-14(8-19-23-15)21-13-6-3-10(17)7-12(13)18/h1-8H,(H2,20,21,22,23). The Kier molecular flexibility index (Phi) is 4.81. The first-order valence-electron chi connectivity index (χ1n) is 6.54.